The maximum absolute atomic E-state index is 5.54. The fraction of sp³-hybridized carbons (Fsp3) is 0.128. The molecule has 4 nitrogen and oxygen atoms in total. The molecule has 0 amide bonds. The minimum absolute atomic E-state index is 0.0274. The van der Waals surface area contributed by atoms with Crippen LogP contribution in [0.15, 0.2) is 243 Å². The maximum Gasteiger partial charge on any atom is 0.252 e. The fourth-order valence-electron chi connectivity index (χ4n) is 14.6. The van der Waals surface area contributed by atoms with E-state index in [0.29, 0.717) is 5.82 Å². The average molecular weight is 1070 g/mol. The number of nitrogens with zero attached hydrogens (tertiary/aromatic N) is 4. The molecule has 0 radical (unpaired) electrons. The first-order chi connectivity index (χ1) is 40.3. The molecule has 2 aliphatic heterocycles. The molecule has 1 atom stereocenters. The molecule has 1 spiro atoms. The van der Waals surface area contributed by atoms with Crippen LogP contribution >= 0.6 is 0 Å². The van der Waals surface area contributed by atoms with Crippen LogP contribution in [0.4, 0.5) is 34.1 Å². The molecule has 396 valence electrons. The van der Waals surface area contributed by atoms with Crippen molar-refractivity contribution in [1.29, 1.82) is 0 Å². The summed E-state index contributed by atoms with van der Waals surface area (Å²) in [5.41, 5.74) is 29.4. The summed E-state index contributed by atoms with van der Waals surface area (Å²) in [6.45, 7) is 16.1. The summed E-state index contributed by atoms with van der Waals surface area (Å²) in [6, 6.07) is 91.2. The largest absolute Gasteiger partial charge is 0.311 e. The third-order valence-electron chi connectivity index (χ3n) is 18.4. The molecule has 0 saturated carbocycles. The van der Waals surface area contributed by atoms with Crippen LogP contribution in [0.25, 0.3) is 66.9 Å². The van der Waals surface area contributed by atoms with Crippen molar-refractivity contribution in [3.8, 4) is 56.2 Å². The Morgan fingerprint density at radius 2 is 0.916 bits per heavy atom. The van der Waals surface area contributed by atoms with Crippen molar-refractivity contribution in [2.24, 2.45) is 0 Å². The summed E-state index contributed by atoms with van der Waals surface area (Å²) < 4.78 is 0. The monoisotopic (exact) mass is 1060 g/mol. The number of aryl methyl sites for hydroxylation is 1. The third-order valence-corrected chi connectivity index (χ3v) is 18.4. The van der Waals surface area contributed by atoms with Crippen molar-refractivity contribution in [3.05, 3.63) is 282 Å². The molecule has 3 heterocycles. The van der Waals surface area contributed by atoms with E-state index < -0.39 is 5.41 Å². The number of benzene rings is 11. The Labute approximate surface area is 487 Å². The highest BCUT2D eigenvalue weighted by Gasteiger charge is 2.54. The molecule has 0 saturated heterocycles. The number of para-hydroxylation sites is 1. The summed E-state index contributed by atoms with van der Waals surface area (Å²) >= 11 is 0. The van der Waals surface area contributed by atoms with Gasteiger partial charge in [-0.1, -0.05) is 224 Å². The van der Waals surface area contributed by atoms with E-state index in [0.717, 1.165) is 44.8 Å². The van der Waals surface area contributed by atoms with Gasteiger partial charge in [-0.2, -0.15) is 0 Å². The molecule has 11 aromatic carbocycles. The molecule has 2 aliphatic carbocycles. The Morgan fingerprint density at radius 3 is 1.60 bits per heavy atom. The highest BCUT2D eigenvalue weighted by Crippen LogP contribution is 2.65. The smallest absolute Gasteiger partial charge is 0.252 e. The van der Waals surface area contributed by atoms with Crippen LogP contribution in [0.1, 0.15) is 80.5 Å². The summed E-state index contributed by atoms with van der Waals surface area (Å²) in [6.07, 6.45) is 0. The van der Waals surface area contributed by atoms with E-state index in [1.807, 2.05) is 0 Å². The Balaban J connectivity index is 1.00. The molecule has 5 heteroatoms. The lowest BCUT2D eigenvalue weighted by Crippen LogP contribution is -2.61. The number of hydrogen-bond acceptors (Lipinski definition) is 4. The second-order valence-electron chi connectivity index (χ2n) is 25.4. The molecular weight excluding hydrogens is 1000 g/mol. The summed E-state index contributed by atoms with van der Waals surface area (Å²) in [5, 5.41) is 2.37. The van der Waals surface area contributed by atoms with E-state index in [9.17, 15) is 0 Å². The van der Waals surface area contributed by atoms with Crippen molar-refractivity contribution in [2.45, 2.75) is 64.7 Å². The lowest BCUT2D eigenvalue weighted by atomic mass is 9.33. The molecule has 1 aromatic heterocycles. The molecule has 0 N–H and O–H groups in total. The van der Waals surface area contributed by atoms with Crippen LogP contribution in [-0.4, -0.2) is 16.7 Å². The number of rotatable bonds is 5. The average Bonchev–Trinajstić information content (AvgIpc) is 1.83. The van der Waals surface area contributed by atoms with Gasteiger partial charge in [-0.15, -0.1) is 0 Å². The van der Waals surface area contributed by atoms with Crippen molar-refractivity contribution in [3.63, 3.8) is 0 Å². The van der Waals surface area contributed by atoms with E-state index in [2.05, 4.69) is 301 Å². The molecule has 1 unspecified atom stereocenters. The third kappa shape index (κ3) is 7.26. The highest BCUT2D eigenvalue weighted by atomic mass is 15.2. The van der Waals surface area contributed by atoms with Gasteiger partial charge in [0.25, 0.3) is 6.71 Å². The molecule has 83 heavy (non-hydrogen) atoms. The van der Waals surface area contributed by atoms with Crippen LogP contribution < -0.4 is 26.2 Å². The molecule has 0 fully saturated rings. The van der Waals surface area contributed by atoms with Gasteiger partial charge in [0.05, 0.1) is 16.8 Å². The normalized spacial score (nSPS) is 15.1. The van der Waals surface area contributed by atoms with Crippen LogP contribution in [0.5, 0.6) is 0 Å². The first-order valence-electron chi connectivity index (χ1n) is 29.3. The SMILES string of the molecule is Cc1cc2c3c(c1)N(c1ccccc1)c1cc4c(cc1B3c1cc(C(C)(C)C)ccc1N2c1ccc(C(C)(C)C)cc1)-c1ccccc1C41c2ccccc2-c2c1cc(-c1cc(-c3ccccc3)nc(-c3ccccc3)n1)c1ccccc21. The summed E-state index contributed by atoms with van der Waals surface area (Å²) in [4.78, 5) is 16.0. The number of fused-ring (bicyclic) bond motifs is 16. The van der Waals surface area contributed by atoms with Gasteiger partial charge in [0.1, 0.15) is 0 Å². The first-order valence-corrected chi connectivity index (χ1v) is 29.3. The van der Waals surface area contributed by atoms with E-state index in [1.54, 1.807) is 0 Å². The Morgan fingerprint density at radius 1 is 0.373 bits per heavy atom. The minimum Gasteiger partial charge on any atom is -0.311 e. The van der Waals surface area contributed by atoms with E-state index in [4.69, 9.17) is 9.97 Å². The van der Waals surface area contributed by atoms with Gasteiger partial charge in [0.2, 0.25) is 0 Å². The zero-order valence-electron chi connectivity index (χ0n) is 48.0. The molecule has 0 bridgehead atoms. The van der Waals surface area contributed by atoms with Crippen LogP contribution in [0, 0.1) is 6.92 Å². The molecular formula is C78H61BN4. The van der Waals surface area contributed by atoms with Gasteiger partial charge in [0.15, 0.2) is 5.82 Å². The van der Waals surface area contributed by atoms with Gasteiger partial charge >= 0.3 is 0 Å². The van der Waals surface area contributed by atoms with Gasteiger partial charge < -0.3 is 9.80 Å². The van der Waals surface area contributed by atoms with Crippen molar-refractivity contribution in [2.75, 3.05) is 9.80 Å². The number of hydrogen-bond donors (Lipinski definition) is 0. The van der Waals surface area contributed by atoms with Gasteiger partial charge in [-0.25, -0.2) is 9.97 Å². The zero-order valence-corrected chi connectivity index (χ0v) is 48.0. The molecule has 16 rings (SSSR count). The van der Waals surface area contributed by atoms with Gasteiger partial charge in [-0.3, -0.25) is 0 Å². The number of anilines is 6. The van der Waals surface area contributed by atoms with Gasteiger partial charge in [-0.05, 0) is 167 Å². The van der Waals surface area contributed by atoms with Crippen molar-refractivity contribution < 1.29 is 0 Å². The summed E-state index contributed by atoms with van der Waals surface area (Å²) in [5.74, 6) is 0.702. The Kier molecular flexibility index (Phi) is 10.7. The second kappa shape index (κ2) is 18.0. The molecule has 12 aromatic rings. The van der Waals surface area contributed by atoms with Crippen molar-refractivity contribution >= 4 is 68.0 Å². The predicted octanol–water partition coefficient (Wildman–Crippen LogP) is 18.0. The van der Waals surface area contributed by atoms with E-state index in [-0.39, 0.29) is 17.5 Å². The summed E-state index contributed by atoms with van der Waals surface area (Å²) in [7, 11) is 0. The minimum atomic E-state index is -0.691. The van der Waals surface area contributed by atoms with E-state index in [1.165, 1.54) is 106 Å². The number of aromatic nitrogens is 2. The van der Waals surface area contributed by atoms with Crippen molar-refractivity contribution in [1.82, 2.24) is 9.97 Å². The zero-order chi connectivity index (χ0) is 56.1. The van der Waals surface area contributed by atoms with Crippen LogP contribution in [-0.2, 0) is 16.2 Å². The van der Waals surface area contributed by atoms with Crippen LogP contribution in [0.3, 0.4) is 0 Å². The second-order valence-corrected chi connectivity index (χ2v) is 25.4. The maximum atomic E-state index is 5.54. The topological polar surface area (TPSA) is 32.3 Å². The first kappa shape index (κ1) is 49.3. The lowest BCUT2D eigenvalue weighted by molar-refractivity contribution is 0.590. The standard InChI is InChI=1S/C78H61BN4/c1-48-41-71-74-72(42-48)83(53-27-15-10-16-28-53)70-46-63-59(45-66(70)79(74)65-43-52(77(5,6)7)37-40-69(65)82(71)54-38-35-51(36-39-54)76(2,3)4)56-30-19-21-33-61(56)78(63)62-34-22-20-32-58(62)73-57-31-18-17-29-55(57)60(44-64(73)78)68-47-67(49-23-11-8-12-24-49)80-75(81-68)50-25-13-9-14-26-50/h8-47H,1-7H3. The Bertz CT molecular complexity index is 4590. The Hall–Kier alpha value is -9.58. The highest BCUT2D eigenvalue weighted by molar-refractivity contribution is 7.00. The fourth-order valence-corrected chi connectivity index (χ4v) is 14.6. The van der Waals surface area contributed by atoms with Gasteiger partial charge in [0, 0.05) is 50.8 Å². The van der Waals surface area contributed by atoms with E-state index >= 15 is 0 Å². The predicted molar refractivity (Wildman–Crippen MR) is 348 cm³/mol. The lowest BCUT2D eigenvalue weighted by Gasteiger charge is -2.45. The molecule has 4 aliphatic rings. The van der Waals surface area contributed by atoms with Crippen LogP contribution in [0.2, 0.25) is 0 Å². The quantitative estimate of drug-likeness (QED) is 0.161.